The number of piperazine rings is 1. The molecule has 2 amide bonds. The fraction of sp³-hybridized carbons (Fsp3) is 0.263. The van der Waals surface area contributed by atoms with Gasteiger partial charge in [-0.25, -0.2) is 8.42 Å². The molecule has 160 valence electrons. The van der Waals surface area contributed by atoms with Crippen molar-refractivity contribution in [3.8, 4) is 5.75 Å². The Morgan fingerprint density at radius 1 is 0.967 bits per heavy atom. The van der Waals surface area contributed by atoms with E-state index in [4.69, 9.17) is 33.7 Å². The van der Waals surface area contributed by atoms with Crippen LogP contribution in [0.3, 0.4) is 0 Å². The van der Waals surface area contributed by atoms with E-state index in [9.17, 15) is 18.0 Å². The van der Waals surface area contributed by atoms with Crippen LogP contribution in [0.25, 0.3) is 0 Å². The number of halogens is 2. The number of hydrogen-bond acceptors (Lipinski definition) is 5. The number of rotatable bonds is 6. The van der Waals surface area contributed by atoms with Crippen molar-refractivity contribution in [1.29, 1.82) is 0 Å². The Morgan fingerprint density at radius 2 is 1.53 bits per heavy atom. The van der Waals surface area contributed by atoms with E-state index >= 15 is 0 Å². The Balaban J connectivity index is 1.57. The van der Waals surface area contributed by atoms with Crippen LogP contribution in [0.4, 0.5) is 0 Å². The first kappa shape index (κ1) is 22.4. The Kier molecular flexibility index (Phi) is 6.87. The fourth-order valence-electron chi connectivity index (χ4n) is 2.99. The Labute approximate surface area is 184 Å². The highest BCUT2D eigenvalue weighted by Gasteiger charge is 2.33. The second-order valence-corrected chi connectivity index (χ2v) is 9.20. The van der Waals surface area contributed by atoms with Gasteiger partial charge in [0.15, 0.2) is 6.61 Å². The summed E-state index contributed by atoms with van der Waals surface area (Å²) in [4.78, 5) is 24.9. The first-order valence-electron chi connectivity index (χ1n) is 8.95. The Morgan fingerprint density at radius 3 is 2.07 bits per heavy atom. The van der Waals surface area contributed by atoms with Crippen LogP contribution in [0.15, 0.2) is 47.4 Å². The molecular formula is C19H19Cl2N3O5S. The summed E-state index contributed by atoms with van der Waals surface area (Å²) in [6.45, 7) is 0.444. The number of sulfonamides is 1. The van der Waals surface area contributed by atoms with Gasteiger partial charge in [0, 0.05) is 31.7 Å². The van der Waals surface area contributed by atoms with Crippen molar-refractivity contribution in [3.63, 3.8) is 0 Å². The highest BCUT2D eigenvalue weighted by Crippen LogP contribution is 2.31. The van der Waals surface area contributed by atoms with Crippen LogP contribution in [0.2, 0.25) is 10.0 Å². The van der Waals surface area contributed by atoms with Crippen molar-refractivity contribution in [2.75, 3.05) is 32.8 Å². The normalized spacial score (nSPS) is 15.1. The molecule has 2 N–H and O–H groups in total. The lowest BCUT2D eigenvalue weighted by molar-refractivity contribution is -0.134. The molecule has 1 aliphatic heterocycles. The lowest BCUT2D eigenvalue weighted by Gasteiger charge is -2.34. The third-order valence-electron chi connectivity index (χ3n) is 4.61. The summed E-state index contributed by atoms with van der Waals surface area (Å²) in [6.07, 6.45) is 0. The molecule has 3 rings (SSSR count). The van der Waals surface area contributed by atoms with E-state index in [0.29, 0.717) is 11.3 Å². The van der Waals surface area contributed by atoms with Gasteiger partial charge in [0.25, 0.3) is 5.91 Å². The van der Waals surface area contributed by atoms with Gasteiger partial charge in [-0.1, -0.05) is 29.3 Å². The zero-order chi connectivity index (χ0) is 21.9. The molecule has 1 aliphatic rings. The molecule has 0 spiro atoms. The van der Waals surface area contributed by atoms with Crippen molar-refractivity contribution in [2.24, 2.45) is 5.73 Å². The van der Waals surface area contributed by atoms with Gasteiger partial charge in [-0.2, -0.15) is 4.31 Å². The SMILES string of the molecule is NC(=O)c1ccc(OCC(=O)N2CCN(S(=O)(=O)c3c(Cl)cccc3Cl)CC2)cc1. The van der Waals surface area contributed by atoms with Crippen molar-refractivity contribution in [2.45, 2.75) is 4.90 Å². The smallest absolute Gasteiger partial charge is 0.260 e. The van der Waals surface area contributed by atoms with Gasteiger partial charge in [0.1, 0.15) is 10.6 Å². The number of nitrogens with zero attached hydrogens (tertiary/aromatic N) is 2. The van der Waals surface area contributed by atoms with Crippen LogP contribution < -0.4 is 10.5 Å². The standard InChI is InChI=1S/C19H19Cl2N3O5S/c20-15-2-1-3-16(21)18(15)30(27,28)24-10-8-23(9-11-24)17(25)12-29-14-6-4-13(5-7-14)19(22)26/h1-7H,8-12H2,(H2,22,26). The molecule has 11 heteroatoms. The lowest BCUT2D eigenvalue weighted by atomic mass is 10.2. The van der Waals surface area contributed by atoms with E-state index < -0.39 is 15.9 Å². The number of benzene rings is 2. The van der Waals surface area contributed by atoms with Gasteiger partial charge in [-0.05, 0) is 36.4 Å². The monoisotopic (exact) mass is 471 g/mol. The van der Waals surface area contributed by atoms with Gasteiger partial charge in [-0.15, -0.1) is 0 Å². The molecule has 2 aromatic carbocycles. The highest BCUT2D eigenvalue weighted by molar-refractivity contribution is 7.89. The van der Waals surface area contributed by atoms with Crippen LogP contribution in [0.5, 0.6) is 5.75 Å². The van der Waals surface area contributed by atoms with Gasteiger partial charge < -0.3 is 15.4 Å². The molecule has 1 fully saturated rings. The minimum Gasteiger partial charge on any atom is -0.484 e. The number of amides is 2. The second kappa shape index (κ2) is 9.22. The maximum absolute atomic E-state index is 12.9. The van der Waals surface area contributed by atoms with Crippen molar-refractivity contribution < 1.29 is 22.7 Å². The van der Waals surface area contributed by atoms with Gasteiger partial charge in [0.2, 0.25) is 15.9 Å². The predicted octanol–water partition coefficient (Wildman–Crippen LogP) is 2.00. The highest BCUT2D eigenvalue weighted by atomic mass is 35.5. The molecule has 0 aliphatic carbocycles. The number of hydrogen-bond donors (Lipinski definition) is 1. The Hall–Kier alpha value is -2.33. The van der Waals surface area contributed by atoms with Crippen LogP contribution in [-0.2, 0) is 14.8 Å². The van der Waals surface area contributed by atoms with Crippen LogP contribution >= 0.6 is 23.2 Å². The lowest BCUT2D eigenvalue weighted by Crippen LogP contribution is -2.51. The summed E-state index contributed by atoms with van der Waals surface area (Å²) in [7, 11) is -3.88. The molecule has 1 saturated heterocycles. The average Bonchev–Trinajstić information content (AvgIpc) is 2.72. The summed E-state index contributed by atoms with van der Waals surface area (Å²) >= 11 is 12.1. The Bertz CT molecular complexity index is 1030. The quantitative estimate of drug-likeness (QED) is 0.692. The first-order chi connectivity index (χ1) is 14.2. The zero-order valence-corrected chi connectivity index (χ0v) is 18.1. The minimum atomic E-state index is -3.88. The van der Waals surface area contributed by atoms with Crippen molar-refractivity contribution in [1.82, 2.24) is 9.21 Å². The predicted molar refractivity (Wildman–Crippen MR) is 112 cm³/mol. The van der Waals surface area contributed by atoms with Gasteiger partial charge >= 0.3 is 0 Å². The van der Waals surface area contributed by atoms with Crippen LogP contribution in [0, 0.1) is 0 Å². The van der Waals surface area contributed by atoms with Gasteiger partial charge in [0.05, 0.1) is 10.0 Å². The van der Waals surface area contributed by atoms with E-state index in [2.05, 4.69) is 0 Å². The second-order valence-electron chi connectivity index (χ2n) is 6.51. The molecule has 30 heavy (non-hydrogen) atoms. The summed E-state index contributed by atoms with van der Waals surface area (Å²) in [5, 5.41) is 0.105. The average molecular weight is 472 g/mol. The molecule has 0 saturated carbocycles. The molecular weight excluding hydrogens is 453 g/mol. The summed E-state index contributed by atoms with van der Waals surface area (Å²) in [5.74, 6) is -0.409. The van der Waals surface area contributed by atoms with E-state index in [1.807, 2.05) is 0 Å². The van der Waals surface area contributed by atoms with E-state index in [0.717, 1.165) is 0 Å². The zero-order valence-electron chi connectivity index (χ0n) is 15.8. The summed E-state index contributed by atoms with van der Waals surface area (Å²) < 4.78 is 32.5. The molecule has 8 nitrogen and oxygen atoms in total. The maximum Gasteiger partial charge on any atom is 0.260 e. The fourth-order valence-corrected chi connectivity index (χ4v) is 5.50. The number of ether oxygens (including phenoxy) is 1. The molecule has 0 unspecified atom stereocenters. The third kappa shape index (κ3) is 4.86. The van der Waals surface area contributed by atoms with E-state index in [-0.39, 0.29) is 53.6 Å². The molecule has 2 aromatic rings. The van der Waals surface area contributed by atoms with Crippen LogP contribution in [0.1, 0.15) is 10.4 Å². The molecule has 0 aromatic heterocycles. The number of carbonyl (C=O) groups excluding carboxylic acids is 2. The largest absolute Gasteiger partial charge is 0.484 e. The number of nitrogens with two attached hydrogens (primary N) is 1. The third-order valence-corrected chi connectivity index (χ3v) is 7.46. The van der Waals surface area contributed by atoms with Crippen LogP contribution in [-0.4, -0.2) is 62.2 Å². The van der Waals surface area contributed by atoms with Crippen molar-refractivity contribution in [3.05, 3.63) is 58.1 Å². The first-order valence-corrected chi connectivity index (χ1v) is 11.1. The van der Waals surface area contributed by atoms with Crippen molar-refractivity contribution >= 4 is 45.0 Å². The number of carbonyl (C=O) groups is 2. The molecule has 0 atom stereocenters. The topological polar surface area (TPSA) is 110 Å². The summed E-state index contributed by atoms with van der Waals surface area (Å²) in [6, 6.07) is 10.6. The maximum atomic E-state index is 12.9. The van der Waals surface area contributed by atoms with Gasteiger partial charge in [-0.3, -0.25) is 9.59 Å². The molecule has 0 bridgehead atoms. The summed E-state index contributed by atoms with van der Waals surface area (Å²) in [5.41, 5.74) is 5.51. The minimum absolute atomic E-state index is 0.0526. The van der Waals surface area contributed by atoms with E-state index in [1.165, 1.54) is 33.5 Å². The number of primary amides is 1. The molecule has 1 heterocycles. The molecule has 0 radical (unpaired) electrons. The van der Waals surface area contributed by atoms with E-state index in [1.54, 1.807) is 18.2 Å².